The van der Waals surface area contributed by atoms with Crippen LogP contribution in [0.15, 0.2) is 35.2 Å². The normalized spacial score (nSPS) is 18.0. The highest BCUT2D eigenvalue weighted by atomic mass is 79.9. The second-order valence-electron chi connectivity index (χ2n) is 7.32. The maximum absolute atomic E-state index is 4.60. The van der Waals surface area contributed by atoms with E-state index in [4.69, 9.17) is 0 Å². The van der Waals surface area contributed by atoms with Crippen LogP contribution in [0.5, 0.6) is 0 Å². The molecule has 4 rings (SSSR count). The summed E-state index contributed by atoms with van der Waals surface area (Å²) >= 11 is 3.46. The molecular weight excluding hydrogens is 392 g/mol. The largest absolute Gasteiger partial charge is 0.363 e. The standard InChI is InChI=1S/C19H25BrN6/c1-24(2)18-11-19(23-13-22-18)26(15-4-5-15)16-7-9-25(10-8-16)17-6-3-14(20)12-21-17/h3,6,11-13,15-16H,4-5,7-10H2,1-2H3. The maximum Gasteiger partial charge on any atom is 0.134 e. The Hall–Kier alpha value is -1.89. The van der Waals surface area contributed by atoms with Crippen LogP contribution < -0.4 is 14.7 Å². The Bertz CT molecular complexity index is 738. The molecule has 2 fully saturated rings. The lowest BCUT2D eigenvalue weighted by molar-refractivity contribution is 0.457. The van der Waals surface area contributed by atoms with Gasteiger partial charge in [-0.3, -0.25) is 0 Å². The molecule has 1 saturated carbocycles. The molecule has 0 atom stereocenters. The summed E-state index contributed by atoms with van der Waals surface area (Å²) in [5.74, 6) is 3.12. The highest BCUT2D eigenvalue weighted by Gasteiger charge is 2.36. The minimum absolute atomic E-state index is 0.541. The molecule has 0 unspecified atom stereocenters. The summed E-state index contributed by atoms with van der Waals surface area (Å²) in [6.45, 7) is 2.07. The van der Waals surface area contributed by atoms with E-state index in [9.17, 15) is 0 Å². The van der Waals surface area contributed by atoms with Gasteiger partial charge in [-0.05, 0) is 53.7 Å². The quantitative estimate of drug-likeness (QED) is 0.744. The third-order valence-electron chi connectivity index (χ3n) is 5.19. The summed E-state index contributed by atoms with van der Waals surface area (Å²) in [4.78, 5) is 20.5. The van der Waals surface area contributed by atoms with Crippen molar-refractivity contribution in [2.45, 2.75) is 37.8 Å². The molecule has 26 heavy (non-hydrogen) atoms. The van der Waals surface area contributed by atoms with Crippen LogP contribution in [0.3, 0.4) is 0 Å². The Kier molecular flexibility index (Phi) is 4.98. The topological polar surface area (TPSA) is 48.4 Å². The minimum Gasteiger partial charge on any atom is -0.363 e. The monoisotopic (exact) mass is 416 g/mol. The summed E-state index contributed by atoms with van der Waals surface area (Å²) in [5, 5.41) is 0. The number of piperidine rings is 1. The Morgan fingerprint density at radius 3 is 2.27 bits per heavy atom. The predicted octanol–water partition coefficient (Wildman–Crippen LogP) is 3.34. The average Bonchev–Trinajstić information content (AvgIpc) is 3.48. The molecule has 0 radical (unpaired) electrons. The van der Waals surface area contributed by atoms with Crippen LogP contribution in [-0.4, -0.2) is 54.2 Å². The molecule has 1 aliphatic heterocycles. The number of hydrogen-bond donors (Lipinski definition) is 0. The van der Waals surface area contributed by atoms with Gasteiger partial charge in [0.1, 0.15) is 23.8 Å². The SMILES string of the molecule is CN(C)c1cc(N(C2CC2)C2CCN(c3ccc(Br)cn3)CC2)ncn1. The Morgan fingerprint density at radius 1 is 0.962 bits per heavy atom. The van der Waals surface area contributed by atoms with Gasteiger partial charge in [0.05, 0.1) is 0 Å². The molecule has 0 aromatic carbocycles. The van der Waals surface area contributed by atoms with E-state index in [0.29, 0.717) is 12.1 Å². The van der Waals surface area contributed by atoms with Crippen LogP contribution in [0.25, 0.3) is 0 Å². The zero-order valence-corrected chi connectivity index (χ0v) is 16.9. The number of pyridine rings is 1. The molecule has 0 spiro atoms. The lowest BCUT2D eigenvalue weighted by Crippen LogP contribution is -2.46. The molecule has 1 saturated heterocycles. The Labute approximate surface area is 163 Å². The summed E-state index contributed by atoms with van der Waals surface area (Å²) < 4.78 is 1.02. The van der Waals surface area contributed by atoms with Gasteiger partial charge in [-0.15, -0.1) is 0 Å². The van der Waals surface area contributed by atoms with Gasteiger partial charge in [-0.25, -0.2) is 15.0 Å². The summed E-state index contributed by atoms with van der Waals surface area (Å²) in [6, 6.07) is 7.47. The van der Waals surface area contributed by atoms with Crippen LogP contribution in [0.2, 0.25) is 0 Å². The second kappa shape index (κ2) is 7.39. The van der Waals surface area contributed by atoms with E-state index in [0.717, 1.165) is 47.9 Å². The van der Waals surface area contributed by atoms with Gasteiger partial charge in [0.2, 0.25) is 0 Å². The molecular formula is C19H25BrN6. The van der Waals surface area contributed by atoms with Gasteiger partial charge < -0.3 is 14.7 Å². The van der Waals surface area contributed by atoms with Crippen molar-refractivity contribution in [1.82, 2.24) is 15.0 Å². The van der Waals surface area contributed by atoms with Crippen molar-refractivity contribution in [2.75, 3.05) is 41.9 Å². The van der Waals surface area contributed by atoms with Crippen LogP contribution in [0, 0.1) is 0 Å². The molecule has 0 amide bonds. The van der Waals surface area contributed by atoms with Crippen molar-refractivity contribution in [1.29, 1.82) is 0 Å². The molecule has 138 valence electrons. The lowest BCUT2D eigenvalue weighted by Gasteiger charge is -2.40. The summed E-state index contributed by atoms with van der Waals surface area (Å²) in [7, 11) is 4.05. The number of nitrogens with zero attached hydrogens (tertiary/aromatic N) is 6. The Morgan fingerprint density at radius 2 is 1.65 bits per heavy atom. The first kappa shape index (κ1) is 17.5. The van der Waals surface area contributed by atoms with Crippen molar-refractivity contribution in [2.24, 2.45) is 0 Å². The van der Waals surface area contributed by atoms with Crippen LogP contribution in [0.4, 0.5) is 17.5 Å². The molecule has 2 aromatic rings. The Balaban J connectivity index is 1.47. The number of hydrogen-bond acceptors (Lipinski definition) is 6. The minimum atomic E-state index is 0.541. The van der Waals surface area contributed by atoms with Gasteiger partial charge >= 0.3 is 0 Å². The van der Waals surface area contributed by atoms with Crippen LogP contribution in [-0.2, 0) is 0 Å². The van der Waals surface area contributed by atoms with Crippen molar-refractivity contribution < 1.29 is 0 Å². The first-order chi connectivity index (χ1) is 12.6. The number of anilines is 3. The molecule has 1 aliphatic carbocycles. The van der Waals surface area contributed by atoms with Gasteiger partial charge in [-0.1, -0.05) is 0 Å². The number of rotatable bonds is 5. The number of halogens is 1. The zero-order valence-electron chi connectivity index (χ0n) is 15.3. The highest BCUT2D eigenvalue weighted by Crippen LogP contribution is 2.36. The number of aromatic nitrogens is 3. The van der Waals surface area contributed by atoms with Gasteiger partial charge in [0.25, 0.3) is 0 Å². The smallest absolute Gasteiger partial charge is 0.134 e. The first-order valence-electron chi connectivity index (χ1n) is 9.26. The van der Waals surface area contributed by atoms with Crippen molar-refractivity contribution >= 4 is 33.4 Å². The van der Waals surface area contributed by atoms with Gasteiger partial charge in [0.15, 0.2) is 0 Å². The van der Waals surface area contributed by atoms with Crippen molar-refractivity contribution in [3.05, 3.63) is 35.2 Å². The van der Waals surface area contributed by atoms with Gasteiger partial charge in [0, 0.05) is 56.0 Å². The second-order valence-corrected chi connectivity index (χ2v) is 8.24. The van der Waals surface area contributed by atoms with E-state index in [1.54, 1.807) is 6.33 Å². The fraction of sp³-hybridized carbons (Fsp3) is 0.526. The highest BCUT2D eigenvalue weighted by molar-refractivity contribution is 9.10. The summed E-state index contributed by atoms with van der Waals surface area (Å²) in [5.41, 5.74) is 0. The maximum atomic E-state index is 4.60. The third kappa shape index (κ3) is 3.77. The van der Waals surface area contributed by atoms with Crippen LogP contribution >= 0.6 is 15.9 Å². The predicted molar refractivity (Wildman–Crippen MR) is 109 cm³/mol. The van der Waals surface area contributed by atoms with E-state index in [2.05, 4.69) is 58.9 Å². The molecule has 6 nitrogen and oxygen atoms in total. The average molecular weight is 417 g/mol. The third-order valence-corrected chi connectivity index (χ3v) is 5.66. The molecule has 7 heteroatoms. The molecule has 2 aromatic heterocycles. The van der Waals surface area contributed by atoms with E-state index in [1.807, 2.05) is 25.2 Å². The van der Waals surface area contributed by atoms with E-state index < -0.39 is 0 Å². The van der Waals surface area contributed by atoms with Crippen LogP contribution in [0.1, 0.15) is 25.7 Å². The van der Waals surface area contributed by atoms with Crippen molar-refractivity contribution in [3.63, 3.8) is 0 Å². The molecule has 0 N–H and O–H groups in total. The van der Waals surface area contributed by atoms with E-state index in [1.165, 1.54) is 12.8 Å². The summed E-state index contributed by atoms with van der Waals surface area (Å²) in [6.07, 6.45) is 8.39. The first-order valence-corrected chi connectivity index (χ1v) is 10.1. The van der Waals surface area contributed by atoms with E-state index >= 15 is 0 Å². The zero-order chi connectivity index (χ0) is 18.1. The molecule has 2 aliphatic rings. The van der Waals surface area contributed by atoms with E-state index in [-0.39, 0.29) is 0 Å². The fourth-order valence-corrected chi connectivity index (χ4v) is 3.91. The molecule has 0 bridgehead atoms. The van der Waals surface area contributed by atoms with Gasteiger partial charge in [-0.2, -0.15) is 0 Å². The lowest BCUT2D eigenvalue weighted by atomic mass is 10.0. The molecule has 3 heterocycles. The fourth-order valence-electron chi connectivity index (χ4n) is 3.68. The van der Waals surface area contributed by atoms with Crippen molar-refractivity contribution in [3.8, 4) is 0 Å².